The number of aryl methyl sites for hydroxylation is 1. The quantitative estimate of drug-likeness (QED) is 0.733. The van der Waals surface area contributed by atoms with Crippen LogP contribution in [-0.4, -0.2) is 31.2 Å². The van der Waals surface area contributed by atoms with E-state index in [-0.39, 0.29) is 0 Å². The molecular weight excluding hydrogens is 222 g/mol. The van der Waals surface area contributed by atoms with Crippen LogP contribution >= 0.6 is 11.3 Å². The Kier molecular flexibility index (Phi) is 5.67. The Morgan fingerprint density at radius 2 is 2.40 bits per heavy atom. The Bertz CT molecular complexity index is 281. The number of hydrogen-bond acceptors (Lipinski definition) is 4. The second-order valence-electron chi connectivity index (χ2n) is 2.99. The van der Waals surface area contributed by atoms with Crippen LogP contribution in [0, 0.1) is 6.92 Å². The van der Waals surface area contributed by atoms with Gasteiger partial charge in [-0.3, -0.25) is 0 Å². The van der Waals surface area contributed by atoms with Crippen molar-refractivity contribution in [2.45, 2.75) is 19.9 Å². The van der Waals surface area contributed by atoms with Crippen molar-refractivity contribution in [2.24, 2.45) is 0 Å². The van der Waals surface area contributed by atoms with Gasteiger partial charge in [0.05, 0.1) is 11.6 Å². The lowest BCUT2D eigenvalue weighted by Crippen LogP contribution is -2.20. The average molecular weight is 236 g/mol. The van der Waals surface area contributed by atoms with Crippen LogP contribution in [0.2, 0.25) is 0 Å². The Morgan fingerprint density at radius 3 is 3.00 bits per heavy atom. The van der Waals surface area contributed by atoms with Gasteiger partial charge in [0, 0.05) is 24.2 Å². The van der Waals surface area contributed by atoms with Gasteiger partial charge in [0.1, 0.15) is 6.61 Å². The van der Waals surface area contributed by atoms with Crippen LogP contribution in [-0.2, 0) is 11.3 Å². The van der Waals surface area contributed by atoms with Crippen molar-refractivity contribution in [1.82, 2.24) is 10.3 Å². The van der Waals surface area contributed by atoms with Gasteiger partial charge in [-0.15, -0.1) is 11.3 Å². The molecule has 0 aromatic carbocycles. The number of ether oxygens (including phenoxy) is 1. The predicted molar refractivity (Wildman–Crippen MR) is 55.4 cm³/mol. The molecule has 3 nitrogen and oxygen atoms in total. The summed E-state index contributed by atoms with van der Waals surface area (Å²) in [5, 5.41) is 4.12. The van der Waals surface area contributed by atoms with Crippen LogP contribution in [0.5, 0.6) is 0 Å². The lowest BCUT2D eigenvalue weighted by atomic mass is 10.5. The fourth-order valence-corrected chi connectivity index (χ4v) is 1.78. The van der Waals surface area contributed by atoms with E-state index < -0.39 is 13.0 Å². The summed E-state index contributed by atoms with van der Waals surface area (Å²) >= 11 is 1.62. The minimum absolute atomic E-state index is 0.308. The summed E-state index contributed by atoms with van der Waals surface area (Å²) in [5.41, 5.74) is 0. The zero-order chi connectivity index (χ0) is 11.1. The molecule has 15 heavy (non-hydrogen) atoms. The molecule has 0 aliphatic rings. The maximum absolute atomic E-state index is 11.7. The van der Waals surface area contributed by atoms with Crippen LogP contribution in [0.4, 0.5) is 8.78 Å². The molecule has 1 N–H and O–H groups in total. The van der Waals surface area contributed by atoms with Crippen LogP contribution in [0.1, 0.15) is 9.88 Å². The number of nitrogens with one attached hydrogen (secondary N) is 1. The van der Waals surface area contributed by atoms with E-state index >= 15 is 0 Å². The predicted octanol–water partition coefficient (Wildman–Crippen LogP) is 1.82. The van der Waals surface area contributed by atoms with E-state index in [1.165, 1.54) is 0 Å². The van der Waals surface area contributed by atoms with Crippen LogP contribution in [0.15, 0.2) is 6.20 Å². The summed E-state index contributed by atoms with van der Waals surface area (Å²) < 4.78 is 28.0. The van der Waals surface area contributed by atoms with E-state index in [9.17, 15) is 8.78 Å². The first-order valence-electron chi connectivity index (χ1n) is 4.66. The molecule has 0 unspecified atom stereocenters. The molecule has 0 amide bonds. The van der Waals surface area contributed by atoms with Gasteiger partial charge < -0.3 is 10.1 Å². The third-order valence-electron chi connectivity index (χ3n) is 1.64. The molecule has 0 saturated carbocycles. The molecule has 0 fully saturated rings. The van der Waals surface area contributed by atoms with E-state index in [0.717, 1.165) is 9.88 Å². The number of thiazole rings is 1. The highest BCUT2D eigenvalue weighted by Gasteiger charge is 2.01. The van der Waals surface area contributed by atoms with Crippen molar-refractivity contribution in [2.75, 3.05) is 19.8 Å². The summed E-state index contributed by atoms with van der Waals surface area (Å²) in [6, 6.07) is 0. The number of nitrogens with zero attached hydrogens (tertiary/aromatic N) is 1. The summed E-state index contributed by atoms with van der Waals surface area (Å²) in [6.45, 7) is 3.05. The number of alkyl halides is 2. The number of aromatic nitrogens is 1. The Morgan fingerprint density at radius 1 is 1.60 bits per heavy atom. The molecule has 6 heteroatoms. The van der Waals surface area contributed by atoms with Gasteiger partial charge in [-0.2, -0.15) is 0 Å². The second kappa shape index (κ2) is 6.81. The van der Waals surface area contributed by atoms with E-state index in [4.69, 9.17) is 4.74 Å². The zero-order valence-corrected chi connectivity index (χ0v) is 9.32. The number of hydrogen-bond donors (Lipinski definition) is 1. The van der Waals surface area contributed by atoms with Gasteiger partial charge in [0.15, 0.2) is 0 Å². The lowest BCUT2D eigenvalue weighted by Gasteiger charge is -2.04. The average Bonchev–Trinajstić information content (AvgIpc) is 2.57. The Balaban J connectivity index is 1.98. The molecule has 1 rings (SSSR count). The number of rotatable bonds is 7. The van der Waals surface area contributed by atoms with Gasteiger partial charge in [-0.25, -0.2) is 13.8 Å². The third-order valence-corrected chi connectivity index (χ3v) is 2.55. The molecule has 0 aliphatic heterocycles. The van der Waals surface area contributed by atoms with Gasteiger partial charge in [0.2, 0.25) is 0 Å². The first-order chi connectivity index (χ1) is 7.18. The van der Waals surface area contributed by atoms with Crippen molar-refractivity contribution in [3.8, 4) is 0 Å². The maximum Gasteiger partial charge on any atom is 0.261 e. The second-order valence-corrected chi connectivity index (χ2v) is 4.31. The van der Waals surface area contributed by atoms with Crippen molar-refractivity contribution in [3.05, 3.63) is 16.1 Å². The summed E-state index contributed by atoms with van der Waals surface area (Å²) in [6.07, 6.45) is -0.568. The molecule has 0 bridgehead atoms. The molecule has 1 aromatic rings. The summed E-state index contributed by atoms with van der Waals surface area (Å²) in [7, 11) is 0. The molecule has 0 saturated heterocycles. The van der Waals surface area contributed by atoms with Gasteiger partial charge in [0.25, 0.3) is 6.43 Å². The smallest absolute Gasteiger partial charge is 0.261 e. The molecular formula is C9H14F2N2OS. The Hall–Kier alpha value is -0.590. The minimum atomic E-state index is -2.38. The highest BCUT2D eigenvalue weighted by molar-refractivity contribution is 7.11. The highest BCUT2D eigenvalue weighted by atomic mass is 32.1. The van der Waals surface area contributed by atoms with Gasteiger partial charge in [-0.05, 0) is 6.92 Å². The van der Waals surface area contributed by atoms with E-state index in [2.05, 4.69) is 10.3 Å². The van der Waals surface area contributed by atoms with Gasteiger partial charge in [-0.1, -0.05) is 0 Å². The van der Waals surface area contributed by atoms with E-state index in [1.807, 2.05) is 13.1 Å². The van der Waals surface area contributed by atoms with Crippen molar-refractivity contribution < 1.29 is 13.5 Å². The SMILES string of the molecule is Cc1ncc(CNCCOCC(F)F)s1. The van der Waals surface area contributed by atoms with E-state index in [1.54, 1.807) is 11.3 Å². The first kappa shape index (κ1) is 12.5. The zero-order valence-electron chi connectivity index (χ0n) is 8.50. The fourth-order valence-electron chi connectivity index (χ4n) is 1.02. The molecule has 0 aliphatic carbocycles. The van der Waals surface area contributed by atoms with Crippen molar-refractivity contribution in [3.63, 3.8) is 0 Å². The van der Waals surface area contributed by atoms with E-state index in [0.29, 0.717) is 19.7 Å². The monoisotopic (exact) mass is 236 g/mol. The van der Waals surface area contributed by atoms with Crippen LogP contribution in [0.25, 0.3) is 0 Å². The summed E-state index contributed by atoms with van der Waals surface area (Å²) in [4.78, 5) is 5.24. The molecule has 0 spiro atoms. The topological polar surface area (TPSA) is 34.2 Å². The van der Waals surface area contributed by atoms with Crippen molar-refractivity contribution in [1.29, 1.82) is 0 Å². The molecule has 0 atom stereocenters. The molecule has 86 valence electrons. The number of halogens is 2. The van der Waals surface area contributed by atoms with Crippen LogP contribution in [0.3, 0.4) is 0 Å². The minimum Gasteiger partial charge on any atom is -0.374 e. The molecule has 1 heterocycles. The fraction of sp³-hybridized carbons (Fsp3) is 0.667. The lowest BCUT2D eigenvalue weighted by molar-refractivity contribution is 0.0187. The third kappa shape index (κ3) is 5.76. The first-order valence-corrected chi connectivity index (χ1v) is 5.48. The Labute approximate surface area is 91.5 Å². The van der Waals surface area contributed by atoms with Crippen LogP contribution < -0.4 is 5.32 Å². The normalized spacial score (nSPS) is 11.2. The summed E-state index contributed by atoms with van der Waals surface area (Å²) in [5.74, 6) is 0. The largest absolute Gasteiger partial charge is 0.374 e. The standard InChI is InChI=1S/C9H14F2N2OS/c1-7-13-5-8(15-7)4-12-2-3-14-6-9(10)11/h5,9,12H,2-4,6H2,1H3. The van der Waals surface area contributed by atoms with Crippen molar-refractivity contribution >= 4 is 11.3 Å². The molecule has 1 aromatic heterocycles. The van der Waals surface area contributed by atoms with Gasteiger partial charge >= 0.3 is 0 Å². The maximum atomic E-state index is 11.7. The molecule has 0 radical (unpaired) electrons. The highest BCUT2D eigenvalue weighted by Crippen LogP contribution is 2.10.